The second-order valence-electron chi connectivity index (χ2n) is 5.82. The second-order valence-corrected chi connectivity index (χ2v) is 5.82. The fourth-order valence-electron chi connectivity index (χ4n) is 3.01. The highest BCUT2D eigenvalue weighted by atomic mass is 16.5. The third-order valence-corrected chi connectivity index (χ3v) is 4.35. The van der Waals surface area contributed by atoms with Gasteiger partial charge in [0.25, 0.3) is 0 Å². The maximum absolute atomic E-state index is 6.13. The van der Waals surface area contributed by atoms with Crippen molar-refractivity contribution in [2.24, 2.45) is 0 Å². The van der Waals surface area contributed by atoms with Crippen molar-refractivity contribution in [3.8, 4) is 0 Å². The summed E-state index contributed by atoms with van der Waals surface area (Å²) in [5, 5.41) is 0. The molecule has 2 aromatic rings. The number of rotatable bonds is 5. The Kier molecular flexibility index (Phi) is 4.69. The highest BCUT2D eigenvalue weighted by Crippen LogP contribution is 2.23. The normalized spacial score (nSPS) is 22.5. The van der Waals surface area contributed by atoms with Crippen LogP contribution in [0.3, 0.4) is 0 Å². The average molecular weight is 281 g/mol. The standard InChI is InChI=1S/C19H23NO/c1-16-19(21-15-18-10-6-3-7-11-18)12-13-20(16)14-17-8-4-2-5-9-17/h2-11,16,19H,12-15H2,1H3/t16-,19+/m0/s1. The maximum atomic E-state index is 6.13. The van der Waals surface area contributed by atoms with E-state index in [0.29, 0.717) is 12.1 Å². The quantitative estimate of drug-likeness (QED) is 0.825. The number of hydrogen-bond donors (Lipinski definition) is 0. The lowest BCUT2D eigenvalue weighted by molar-refractivity contribution is 0.0199. The van der Waals surface area contributed by atoms with Crippen LogP contribution < -0.4 is 0 Å². The molecule has 1 heterocycles. The van der Waals surface area contributed by atoms with Crippen molar-refractivity contribution in [1.82, 2.24) is 4.90 Å². The number of ether oxygens (including phenoxy) is 1. The van der Waals surface area contributed by atoms with Crippen LogP contribution in [0, 0.1) is 0 Å². The van der Waals surface area contributed by atoms with E-state index in [4.69, 9.17) is 4.74 Å². The van der Waals surface area contributed by atoms with Crippen molar-refractivity contribution in [3.63, 3.8) is 0 Å². The number of likely N-dealkylation sites (tertiary alicyclic amines) is 1. The summed E-state index contributed by atoms with van der Waals surface area (Å²) in [6.45, 7) is 5.14. The van der Waals surface area contributed by atoms with Crippen LogP contribution in [-0.4, -0.2) is 23.6 Å². The second kappa shape index (κ2) is 6.88. The zero-order valence-electron chi connectivity index (χ0n) is 12.6. The Hall–Kier alpha value is -1.64. The molecular weight excluding hydrogens is 258 g/mol. The Bertz CT molecular complexity index is 540. The molecule has 2 nitrogen and oxygen atoms in total. The molecule has 0 unspecified atom stereocenters. The largest absolute Gasteiger partial charge is 0.372 e. The van der Waals surface area contributed by atoms with E-state index >= 15 is 0 Å². The van der Waals surface area contributed by atoms with Gasteiger partial charge in [0.15, 0.2) is 0 Å². The van der Waals surface area contributed by atoms with Gasteiger partial charge in [-0.25, -0.2) is 0 Å². The molecule has 0 N–H and O–H groups in total. The van der Waals surface area contributed by atoms with E-state index in [2.05, 4.69) is 66.4 Å². The molecule has 0 aliphatic carbocycles. The third kappa shape index (κ3) is 3.72. The molecule has 1 aliphatic heterocycles. The van der Waals surface area contributed by atoms with Crippen LogP contribution in [0.25, 0.3) is 0 Å². The first-order valence-corrected chi connectivity index (χ1v) is 7.76. The SMILES string of the molecule is C[C@H]1[C@H](OCc2ccccc2)CCN1Cc1ccccc1. The van der Waals surface area contributed by atoms with Crippen LogP contribution in [0.5, 0.6) is 0 Å². The molecule has 110 valence electrons. The molecule has 2 aromatic carbocycles. The summed E-state index contributed by atoms with van der Waals surface area (Å²) in [7, 11) is 0. The first-order chi connectivity index (χ1) is 10.3. The van der Waals surface area contributed by atoms with Crippen molar-refractivity contribution in [3.05, 3.63) is 71.8 Å². The molecule has 0 radical (unpaired) electrons. The van der Waals surface area contributed by atoms with Gasteiger partial charge < -0.3 is 4.74 Å². The highest BCUT2D eigenvalue weighted by molar-refractivity contribution is 5.15. The molecule has 1 saturated heterocycles. The Morgan fingerprint density at radius 2 is 1.57 bits per heavy atom. The third-order valence-electron chi connectivity index (χ3n) is 4.35. The molecule has 0 saturated carbocycles. The lowest BCUT2D eigenvalue weighted by Gasteiger charge is -2.24. The minimum Gasteiger partial charge on any atom is -0.372 e. The van der Waals surface area contributed by atoms with Crippen LogP contribution in [0.4, 0.5) is 0 Å². The fourth-order valence-corrected chi connectivity index (χ4v) is 3.01. The zero-order chi connectivity index (χ0) is 14.5. The van der Waals surface area contributed by atoms with Gasteiger partial charge in [0.2, 0.25) is 0 Å². The topological polar surface area (TPSA) is 12.5 Å². The Balaban J connectivity index is 1.53. The van der Waals surface area contributed by atoms with Crippen molar-refractivity contribution in [2.75, 3.05) is 6.54 Å². The smallest absolute Gasteiger partial charge is 0.0744 e. The van der Waals surface area contributed by atoms with E-state index in [1.807, 2.05) is 6.07 Å². The van der Waals surface area contributed by atoms with E-state index in [1.165, 1.54) is 11.1 Å². The predicted octanol–water partition coefficient (Wildman–Crippen LogP) is 3.87. The molecule has 3 rings (SSSR count). The van der Waals surface area contributed by atoms with Crippen molar-refractivity contribution in [1.29, 1.82) is 0 Å². The monoisotopic (exact) mass is 281 g/mol. The predicted molar refractivity (Wildman–Crippen MR) is 86.0 cm³/mol. The number of benzene rings is 2. The Morgan fingerprint density at radius 3 is 2.24 bits per heavy atom. The summed E-state index contributed by atoms with van der Waals surface area (Å²) in [4.78, 5) is 2.52. The van der Waals surface area contributed by atoms with Crippen molar-refractivity contribution >= 4 is 0 Å². The summed E-state index contributed by atoms with van der Waals surface area (Å²) < 4.78 is 6.13. The minimum absolute atomic E-state index is 0.342. The van der Waals surface area contributed by atoms with Gasteiger partial charge in [0.05, 0.1) is 12.7 Å². The van der Waals surface area contributed by atoms with Gasteiger partial charge in [0, 0.05) is 19.1 Å². The molecule has 0 spiro atoms. The minimum atomic E-state index is 0.342. The van der Waals surface area contributed by atoms with E-state index in [-0.39, 0.29) is 0 Å². The van der Waals surface area contributed by atoms with Gasteiger partial charge in [-0.2, -0.15) is 0 Å². The van der Waals surface area contributed by atoms with Gasteiger partial charge in [0.1, 0.15) is 0 Å². The molecule has 21 heavy (non-hydrogen) atoms. The number of nitrogens with zero attached hydrogens (tertiary/aromatic N) is 1. The van der Waals surface area contributed by atoms with Crippen LogP contribution in [-0.2, 0) is 17.9 Å². The first-order valence-electron chi connectivity index (χ1n) is 7.76. The molecule has 1 fully saturated rings. The van der Waals surface area contributed by atoms with Crippen LogP contribution in [0.2, 0.25) is 0 Å². The van der Waals surface area contributed by atoms with Gasteiger partial charge in [-0.05, 0) is 24.5 Å². The molecule has 0 amide bonds. The van der Waals surface area contributed by atoms with Crippen molar-refractivity contribution in [2.45, 2.75) is 38.6 Å². The molecule has 0 aromatic heterocycles. The summed E-state index contributed by atoms with van der Waals surface area (Å²) in [6.07, 6.45) is 1.47. The Labute approximate surface area is 127 Å². The van der Waals surface area contributed by atoms with Gasteiger partial charge in [-0.1, -0.05) is 60.7 Å². The summed E-state index contributed by atoms with van der Waals surface area (Å²) in [6, 6.07) is 21.6. The fraction of sp³-hybridized carbons (Fsp3) is 0.368. The molecule has 2 atom stereocenters. The van der Waals surface area contributed by atoms with E-state index in [9.17, 15) is 0 Å². The summed E-state index contributed by atoms with van der Waals surface area (Å²) in [5.41, 5.74) is 2.64. The van der Waals surface area contributed by atoms with Crippen LogP contribution >= 0.6 is 0 Å². The maximum Gasteiger partial charge on any atom is 0.0744 e. The lowest BCUT2D eigenvalue weighted by atomic mass is 10.1. The summed E-state index contributed by atoms with van der Waals surface area (Å²) in [5.74, 6) is 0. The van der Waals surface area contributed by atoms with Crippen LogP contribution in [0.1, 0.15) is 24.5 Å². The highest BCUT2D eigenvalue weighted by Gasteiger charge is 2.31. The van der Waals surface area contributed by atoms with Gasteiger partial charge >= 0.3 is 0 Å². The van der Waals surface area contributed by atoms with Crippen molar-refractivity contribution < 1.29 is 4.74 Å². The van der Waals surface area contributed by atoms with Crippen LogP contribution in [0.15, 0.2) is 60.7 Å². The lowest BCUT2D eigenvalue weighted by Crippen LogP contribution is -2.33. The zero-order valence-corrected chi connectivity index (χ0v) is 12.6. The van der Waals surface area contributed by atoms with E-state index in [1.54, 1.807) is 0 Å². The summed E-state index contributed by atoms with van der Waals surface area (Å²) >= 11 is 0. The van der Waals surface area contributed by atoms with Gasteiger partial charge in [-0.3, -0.25) is 4.90 Å². The molecular formula is C19H23NO. The van der Waals surface area contributed by atoms with E-state index in [0.717, 1.165) is 26.1 Å². The Morgan fingerprint density at radius 1 is 0.952 bits per heavy atom. The number of hydrogen-bond acceptors (Lipinski definition) is 2. The van der Waals surface area contributed by atoms with E-state index < -0.39 is 0 Å². The average Bonchev–Trinajstić information content (AvgIpc) is 2.88. The molecule has 0 bridgehead atoms. The molecule has 2 heteroatoms. The first kappa shape index (κ1) is 14.3. The van der Waals surface area contributed by atoms with Gasteiger partial charge in [-0.15, -0.1) is 0 Å². The molecule has 1 aliphatic rings.